The summed E-state index contributed by atoms with van der Waals surface area (Å²) in [5.74, 6) is 1.31. The molecule has 0 spiro atoms. The van der Waals surface area contributed by atoms with Crippen molar-refractivity contribution in [3.63, 3.8) is 0 Å². The van der Waals surface area contributed by atoms with Crippen LogP contribution in [0.1, 0.15) is 24.3 Å². The molecular weight excluding hydrogens is 342 g/mol. The van der Waals surface area contributed by atoms with Gasteiger partial charge in [-0.1, -0.05) is 0 Å². The van der Waals surface area contributed by atoms with Crippen LogP contribution in [0.15, 0.2) is 23.6 Å². The van der Waals surface area contributed by atoms with E-state index in [1.807, 2.05) is 24.5 Å². The minimum atomic E-state index is 0.102. The van der Waals surface area contributed by atoms with Crippen LogP contribution in [-0.4, -0.2) is 59.0 Å². The fraction of sp³-hybridized carbons (Fsp3) is 0.421. The number of anilines is 1. The Morgan fingerprint density at radius 2 is 2.22 bits per heavy atom. The molecule has 0 aromatic carbocycles. The summed E-state index contributed by atoms with van der Waals surface area (Å²) in [5, 5.41) is 11.6. The lowest BCUT2D eigenvalue weighted by atomic mass is 10.0. The monoisotopic (exact) mass is 365 g/mol. The second-order valence-electron chi connectivity index (χ2n) is 7.35. The third-order valence-corrected chi connectivity index (χ3v) is 5.36. The van der Waals surface area contributed by atoms with Crippen LogP contribution < -0.4 is 15.8 Å². The van der Waals surface area contributed by atoms with E-state index in [9.17, 15) is 0 Å². The van der Waals surface area contributed by atoms with Crippen molar-refractivity contribution in [2.24, 2.45) is 5.10 Å². The Morgan fingerprint density at radius 1 is 1.30 bits per heavy atom. The van der Waals surface area contributed by atoms with Crippen molar-refractivity contribution in [2.75, 3.05) is 32.4 Å². The SMILES string of the molecule is CN1CC(c2cnc3[nH]c4cnc(N)c(O[C@H]5CCCNC5)c4c3c2)C=N1. The summed E-state index contributed by atoms with van der Waals surface area (Å²) in [7, 11) is 1.98. The maximum atomic E-state index is 6.32. The maximum absolute atomic E-state index is 6.32. The van der Waals surface area contributed by atoms with Crippen LogP contribution in [0, 0.1) is 0 Å². The quantitative estimate of drug-likeness (QED) is 0.654. The lowest BCUT2D eigenvalue weighted by molar-refractivity contribution is 0.170. The first-order valence-electron chi connectivity index (χ1n) is 9.37. The van der Waals surface area contributed by atoms with Gasteiger partial charge in [-0.25, -0.2) is 9.97 Å². The number of H-pyrrole nitrogens is 1. The number of likely N-dealkylation sites (N-methyl/N-ethyl adjacent to an activating group) is 1. The number of pyridine rings is 2. The number of nitrogens with two attached hydrogens (primary N) is 1. The van der Waals surface area contributed by atoms with Crippen LogP contribution >= 0.6 is 0 Å². The minimum Gasteiger partial charge on any atom is -0.484 e. The Bertz CT molecular complexity index is 1020. The molecule has 3 aromatic heterocycles. The molecule has 4 N–H and O–H groups in total. The van der Waals surface area contributed by atoms with Crippen molar-refractivity contribution in [1.82, 2.24) is 25.3 Å². The molecule has 0 aliphatic carbocycles. The zero-order valence-corrected chi connectivity index (χ0v) is 15.3. The van der Waals surface area contributed by atoms with Gasteiger partial charge in [-0.15, -0.1) is 0 Å². The zero-order chi connectivity index (χ0) is 18.4. The van der Waals surface area contributed by atoms with E-state index in [0.29, 0.717) is 11.6 Å². The Hall–Kier alpha value is -2.87. The van der Waals surface area contributed by atoms with Crippen LogP contribution in [-0.2, 0) is 0 Å². The van der Waals surface area contributed by atoms with Gasteiger partial charge in [-0.2, -0.15) is 5.10 Å². The van der Waals surface area contributed by atoms with E-state index in [1.54, 1.807) is 6.20 Å². The standard InChI is InChI=1S/C19H23N7O/c1-26-10-12(7-24-26)11-5-14-16-15(25-19(14)23-6-11)9-22-18(20)17(16)27-13-3-2-4-21-8-13/h5-7,9,12-13,21H,2-4,8,10H2,1H3,(H2,20,22)(H,23,25)/t12?,13-/m0/s1. The van der Waals surface area contributed by atoms with E-state index in [-0.39, 0.29) is 12.0 Å². The highest BCUT2D eigenvalue weighted by Crippen LogP contribution is 2.37. The maximum Gasteiger partial charge on any atom is 0.171 e. The molecule has 3 aromatic rings. The van der Waals surface area contributed by atoms with E-state index >= 15 is 0 Å². The van der Waals surface area contributed by atoms with Crippen molar-refractivity contribution < 1.29 is 4.74 Å². The molecule has 140 valence electrons. The first-order chi connectivity index (χ1) is 13.2. The van der Waals surface area contributed by atoms with Crippen LogP contribution in [0.25, 0.3) is 21.9 Å². The van der Waals surface area contributed by atoms with Gasteiger partial charge in [-0.3, -0.25) is 5.01 Å². The molecule has 1 saturated heterocycles. The molecule has 2 atom stereocenters. The van der Waals surface area contributed by atoms with Crippen molar-refractivity contribution in [3.05, 3.63) is 24.0 Å². The highest BCUT2D eigenvalue weighted by Gasteiger charge is 2.22. The Kier molecular flexibility index (Phi) is 3.86. The normalized spacial score (nSPS) is 22.8. The van der Waals surface area contributed by atoms with Crippen molar-refractivity contribution in [2.45, 2.75) is 24.9 Å². The molecule has 0 bridgehead atoms. The van der Waals surface area contributed by atoms with Gasteiger partial charge < -0.3 is 20.8 Å². The van der Waals surface area contributed by atoms with E-state index < -0.39 is 0 Å². The number of ether oxygens (including phenoxy) is 1. The molecule has 0 amide bonds. The van der Waals surface area contributed by atoms with Gasteiger partial charge in [0.1, 0.15) is 11.8 Å². The number of aromatic amines is 1. The summed E-state index contributed by atoms with van der Waals surface area (Å²) >= 11 is 0. The average molecular weight is 365 g/mol. The van der Waals surface area contributed by atoms with Gasteiger partial charge in [0.2, 0.25) is 0 Å². The van der Waals surface area contributed by atoms with Crippen LogP contribution in [0.2, 0.25) is 0 Å². The summed E-state index contributed by atoms with van der Waals surface area (Å²) in [5.41, 5.74) is 9.05. The van der Waals surface area contributed by atoms with Gasteiger partial charge in [0.15, 0.2) is 11.6 Å². The van der Waals surface area contributed by atoms with Crippen molar-refractivity contribution in [1.29, 1.82) is 0 Å². The van der Waals surface area contributed by atoms with Crippen LogP contribution in [0.4, 0.5) is 5.82 Å². The molecule has 1 fully saturated rings. The van der Waals surface area contributed by atoms with Crippen molar-refractivity contribution in [3.8, 4) is 5.75 Å². The molecular formula is C19H23N7O. The van der Waals surface area contributed by atoms with E-state index in [4.69, 9.17) is 10.5 Å². The number of nitrogens with zero attached hydrogens (tertiary/aromatic N) is 4. The van der Waals surface area contributed by atoms with Crippen LogP contribution in [0.3, 0.4) is 0 Å². The largest absolute Gasteiger partial charge is 0.484 e. The highest BCUT2D eigenvalue weighted by atomic mass is 16.5. The fourth-order valence-corrected chi connectivity index (χ4v) is 3.94. The molecule has 27 heavy (non-hydrogen) atoms. The number of piperidine rings is 1. The van der Waals surface area contributed by atoms with Crippen molar-refractivity contribution >= 4 is 34.0 Å². The van der Waals surface area contributed by atoms with E-state index in [2.05, 4.69) is 31.4 Å². The summed E-state index contributed by atoms with van der Waals surface area (Å²) < 4.78 is 6.32. The van der Waals surface area contributed by atoms with Gasteiger partial charge in [0.25, 0.3) is 0 Å². The predicted octanol–water partition coefficient (Wildman–Crippen LogP) is 1.84. The Balaban J connectivity index is 1.62. The van der Waals surface area contributed by atoms with Gasteiger partial charge >= 0.3 is 0 Å². The van der Waals surface area contributed by atoms with Gasteiger partial charge in [0.05, 0.1) is 17.1 Å². The second-order valence-corrected chi connectivity index (χ2v) is 7.35. The first kappa shape index (κ1) is 16.3. The number of hydrazone groups is 1. The number of hydrogen-bond acceptors (Lipinski definition) is 7. The Morgan fingerprint density at radius 3 is 3.00 bits per heavy atom. The second kappa shape index (κ2) is 6.38. The lowest BCUT2D eigenvalue weighted by Crippen LogP contribution is -2.37. The van der Waals surface area contributed by atoms with E-state index in [1.165, 1.54) is 0 Å². The number of rotatable bonds is 3. The van der Waals surface area contributed by atoms with E-state index in [0.717, 1.165) is 60.0 Å². The molecule has 8 nitrogen and oxygen atoms in total. The Labute approximate surface area is 156 Å². The summed E-state index contributed by atoms with van der Waals surface area (Å²) in [6, 6.07) is 2.17. The molecule has 8 heteroatoms. The molecule has 2 aliphatic heterocycles. The minimum absolute atomic E-state index is 0.102. The molecule has 0 saturated carbocycles. The van der Waals surface area contributed by atoms with Gasteiger partial charge in [-0.05, 0) is 31.0 Å². The summed E-state index contributed by atoms with van der Waals surface area (Å²) in [4.78, 5) is 12.3. The number of hydrogen-bond donors (Lipinski definition) is 3. The molecule has 1 unspecified atom stereocenters. The third kappa shape index (κ3) is 2.86. The summed E-state index contributed by atoms with van der Waals surface area (Å²) in [6.07, 6.45) is 7.85. The molecule has 5 heterocycles. The number of aromatic nitrogens is 3. The molecule has 0 radical (unpaired) electrons. The van der Waals surface area contributed by atoms with Gasteiger partial charge in [0, 0.05) is 43.9 Å². The smallest absolute Gasteiger partial charge is 0.171 e. The molecule has 5 rings (SSSR count). The number of nitrogens with one attached hydrogen (secondary N) is 2. The number of nitrogen functional groups attached to an aromatic ring is 1. The molecule has 2 aliphatic rings. The lowest BCUT2D eigenvalue weighted by Gasteiger charge is -2.24. The third-order valence-electron chi connectivity index (χ3n) is 5.36. The predicted molar refractivity (Wildman–Crippen MR) is 106 cm³/mol. The average Bonchev–Trinajstić information content (AvgIpc) is 3.28. The number of fused-ring (bicyclic) bond motifs is 3. The highest BCUT2D eigenvalue weighted by molar-refractivity contribution is 6.10. The first-order valence-corrected chi connectivity index (χ1v) is 9.37. The zero-order valence-electron chi connectivity index (χ0n) is 15.3. The summed E-state index contributed by atoms with van der Waals surface area (Å²) in [6.45, 7) is 2.72. The fourth-order valence-electron chi connectivity index (χ4n) is 3.94. The van der Waals surface area contributed by atoms with Crippen LogP contribution in [0.5, 0.6) is 5.75 Å². The topological polar surface area (TPSA) is 104 Å².